The summed E-state index contributed by atoms with van der Waals surface area (Å²) in [6, 6.07) is 12.9. The number of pyridine rings is 1. The summed E-state index contributed by atoms with van der Waals surface area (Å²) in [6.45, 7) is -0.766. The standard InChI is InChI=1S/C28H19F3N4O4S.CH2O2/c1-39-25(36)16-6-3-5-15(9-16)19-8-4-7-17-12-32-13-23(24(17)19)35-26(37)33-27(40-2)34(28(35)38)14-18-10-21(30)22(31)11-20(18)29;2-1-3/h3-13H,14H2,1-2H3;1H,(H,2,3). The molecule has 0 bridgehead atoms. The highest BCUT2D eigenvalue weighted by Gasteiger charge is 2.20. The zero-order valence-corrected chi connectivity index (χ0v) is 23.3. The number of ether oxygens (including phenoxy) is 1. The average molecular weight is 611 g/mol. The smallest absolute Gasteiger partial charge is 0.358 e. The number of carbonyl (C=O) groups excluding carboxylic acids is 1. The molecule has 3 aromatic carbocycles. The predicted molar refractivity (Wildman–Crippen MR) is 152 cm³/mol. The van der Waals surface area contributed by atoms with Gasteiger partial charge < -0.3 is 9.84 Å². The molecule has 0 amide bonds. The lowest BCUT2D eigenvalue weighted by atomic mass is 9.97. The highest BCUT2D eigenvalue weighted by atomic mass is 32.2. The van der Waals surface area contributed by atoms with E-state index in [-0.39, 0.29) is 22.9 Å². The summed E-state index contributed by atoms with van der Waals surface area (Å²) in [7, 11) is 1.27. The van der Waals surface area contributed by atoms with Gasteiger partial charge in [-0.1, -0.05) is 42.1 Å². The van der Waals surface area contributed by atoms with Crippen molar-refractivity contribution in [1.82, 2.24) is 19.1 Å². The molecule has 0 aliphatic carbocycles. The van der Waals surface area contributed by atoms with Gasteiger partial charge in [0, 0.05) is 28.6 Å². The molecule has 14 heteroatoms. The van der Waals surface area contributed by atoms with Gasteiger partial charge in [0.05, 0.1) is 31.1 Å². The fourth-order valence-corrected chi connectivity index (χ4v) is 4.92. The van der Waals surface area contributed by atoms with Gasteiger partial charge in [-0.25, -0.2) is 32.1 Å². The molecule has 5 aromatic rings. The van der Waals surface area contributed by atoms with Crippen LogP contribution in [0.4, 0.5) is 13.2 Å². The Bertz CT molecular complexity index is 1970. The van der Waals surface area contributed by atoms with Crippen molar-refractivity contribution in [2.24, 2.45) is 0 Å². The summed E-state index contributed by atoms with van der Waals surface area (Å²) in [5, 5.41) is 7.88. The van der Waals surface area contributed by atoms with Crippen LogP contribution >= 0.6 is 11.8 Å². The molecule has 220 valence electrons. The zero-order valence-electron chi connectivity index (χ0n) is 22.5. The average Bonchev–Trinajstić information content (AvgIpc) is 3.00. The molecule has 10 nitrogen and oxygen atoms in total. The third-order valence-corrected chi connectivity index (χ3v) is 6.91. The minimum atomic E-state index is -1.37. The summed E-state index contributed by atoms with van der Waals surface area (Å²) < 4.78 is 48.5. The van der Waals surface area contributed by atoms with Crippen molar-refractivity contribution < 1.29 is 32.6 Å². The predicted octanol–water partition coefficient (Wildman–Crippen LogP) is 4.28. The summed E-state index contributed by atoms with van der Waals surface area (Å²) in [5.41, 5.74) is -0.534. The Morgan fingerprint density at radius 1 is 1.02 bits per heavy atom. The lowest BCUT2D eigenvalue weighted by Gasteiger charge is -2.16. The van der Waals surface area contributed by atoms with Gasteiger partial charge in [-0.05, 0) is 35.6 Å². The summed E-state index contributed by atoms with van der Waals surface area (Å²) in [4.78, 5) is 55.7. The molecule has 0 spiro atoms. The number of benzene rings is 3. The van der Waals surface area contributed by atoms with Crippen molar-refractivity contribution in [2.45, 2.75) is 11.7 Å². The quantitative estimate of drug-likeness (QED) is 0.129. The van der Waals surface area contributed by atoms with E-state index in [4.69, 9.17) is 14.6 Å². The molecule has 5 rings (SSSR count). The second-order valence-electron chi connectivity index (χ2n) is 8.68. The summed E-state index contributed by atoms with van der Waals surface area (Å²) in [6.07, 6.45) is 4.44. The first kappa shape index (κ1) is 30.7. The fourth-order valence-electron chi connectivity index (χ4n) is 4.39. The Balaban J connectivity index is 0.00000135. The second kappa shape index (κ2) is 13.2. The van der Waals surface area contributed by atoms with Crippen molar-refractivity contribution in [1.29, 1.82) is 0 Å². The first-order chi connectivity index (χ1) is 20.6. The number of rotatable bonds is 6. The highest BCUT2D eigenvalue weighted by Crippen LogP contribution is 2.32. The molecule has 0 saturated heterocycles. The van der Waals surface area contributed by atoms with Crippen LogP contribution in [0, 0.1) is 17.5 Å². The number of hydrogen-bond acceptors (Lipinski definition) is 8. The monoisotopic (exact) mass is 610 g/mol. The maximum Gasteiger partial charge on any atom is 0.358 e. The Kier molecular flexibility index (Phi) is 9.40. The molecule has 0 fully saturated rings. The SMILES string of the molecule is COC(=O)c1cccc(-c2cccc3cncc(-n4c(=O)nc(SC)n(Cc5cc(F)c(F)cc5F)c4=O)c23)c1.O=CO. The number of thioether (sulfide) groups is 1. The number of hydrogen-bond donors (Lipinski definition) is 1. The van der Waals surface area contributed by atoms with E-state index >= 15 is 0 Å². The van der Waals surface area contributed by atoms with E-state index in [0.29, 0.717) is 39.6 Å². The van der Waals surface area contributed by atoms with Crippen LogP contribution < -0.4 is 11.4 Å². The maximum atomic E-state index is 14.5. The van der Waals surface area contributed by atoms with Gasteiger partial charge in [0.25, 0.3) is 6.47 Å². The van der Waals surface area contributed by atoms with E-state index < -0.39 is 41.3 Å². The molecule has 1 N–H and O–H groups in total. The third-order valence-electron chi connectivity index (χ3n) is 6.23. The van der Waals surface area contributed by atoms with Crippen LogP contribution in [-0.4, -0.2) is 50.0 Å². The Morgan fingerprint density at radius 2 is 1.72 bits per heavy atom. The topological polar surface area (TPSA) is 133 Å². The van der Waals surface area contributed by atoms with E-state index in [1.807, 2.05) is 0 Å². The molecular formula is C29H21F3N4O6S. The normalized spacial score (nSPS) is 10.6. The fraction of sp³-hybridized carbons (Fsp3) is 0.103. The number of aromatic nitrogens is 4. The van der Waals surface area contributed by atoms with E-state index in [1.165, 1.54) is 13.3 Å². The summed E-state index contributed by atoms with van der Waals surface area (Å²) in [5.74, 6) is -4.25. The first-order valence-corrected chi connectivity index (χ1v) is 13.4. The van der Waals surface area contributed by atoms with Crippen molar-refractivity contribution in [3.8, 4) is 16.8 Å². The van der Waals surface area contributed by atoms with Crippen LogP contribution in [0.2, 0.25) is 0 Å². The number of methoxy groups -OCH3 is 1. The zero-order chi connectivity index (χ0) is 31.3. The molecule has 2 aromatic heterocycles. The number of esters is 1. The number of nitrogens with zero attached hydrogens (tertiary/aromatic N) is 4. The summed E-state index contributed by atoms with van der Waals surface area (Å²) >= 11 is 0.959. The molecule has 2 heterocycles. The minimum Gasteiger partial charge on any atom is -0.483 e. The lowest BCUT2D eigenvalue weighted by Crippen LogP contribution is -2.41. The molecule has 0 saturated carbocycles. The van der Waals surface area contributed by atoms with Crippen LogP contribution in [0.25, 0.3) is 27.6 Å². The molecule has 43 heavy (non-hydrogen) atoms. The van der Waals surface area contributed by atoms with E-state index in [0.717, 1.165) is 20.9 Å². The largest absolute Gasteiger partial charge is 0.483 e. The van der Waals surface area contributed by atoms with Crippen LogP contribution in [0.1, 0.15) is 15.9 Å². The minimum absolute atomic E-state index is 0.0467. The van der Waals surface area contributed by atoms with Crippen LogP contribution in [0.15, 0.2) is 81.7 Å². The Hall–Kier alpha value is -5.24. The third kappa shape index (κ3) is 6.18. The van der Waals surface area contributed by atoms with Gasteiger partial charge in [0.2, 0.25) is 0 Å². The van der Waals surface area contributed by atoms with Crippen molar-refractivity contribution in [2.75, 3.05) is 13.4 Å². The Labute approximate surface area is 245 Å². The van der Waals surface area contributed by atoms with Crippen molar-refractivity contribution in [3.63, 3.8) is 0 Å². The van der Waals surface area contributed by atoms with Gasteiger partial charge in [-0.2, -0.15) is 4.98 Å². The van der Waals surface area contributed by atoms with Crippen LogP contribution in [0.3, 0.4) is 0 Å². The number of fused-ring (bicyclic) bond motifs is 1. The van der Waals surface area contributed by atoms with Gasteiger partial charge in [0.15, 0.2) is 16.8 Å². The van der Waals surface area contributed by atoms with Crippen LogP contribution in [0.5, 0.6) is 0 Å². The van der Waals surface area contributed by atoms with Gasteiger partial charge >= 0.3 is 17.3 Å². The van der Waals surface area contributed by atoms with Crippen LogP contribution in [-0.2, 0) is 16.1 Å². The molecule has 0 atom stereocenters. The first-order valence-electron chi connectivity index (χ1n) is 12.2. The number of carboxylic acid groups (broad SMARTS) is 1. The Morgan fingerprint density at radius 3 is 2.42 bits per heavy atom. The molecule has 0 radical (unpaired) electrons. The van der Waals surface area contributed by atoms with Gasteiger partial charge in [-0.15, -0.1) is 0 Å². The van der Waals surface area contributed by atoms with Gasteiger partial charge in [0.1, 0.15) is 5.82 Å². The number of carbonyl (C=O) groups is 2. The van der Waals surface area contributed by atoms with E-state index in [9.17, 15) is 27.6 Å². The van der Waals surface area contributed by atoms with E-state index in [1.54, 1.807) is 54.9 Å². The molecular weight excluding hydrogens is 589 g/mol. The van der Waals surface area contributed by atoms with Gasteiger partial charge in [-0.3, -0.25) is 14.3 Å². The number of halogens is 3. The van der Waals surface area contributed by atoms with E-state index in [2.05, 4.69) is 9.97 Å². The highest BCUT2D eigenvalue weighted by molar-refractivity contribution is 7.98. The molecule has 0 aliphatic heterocycles. The second-order valence-corrected chi connectivity index (χ2v) is 9.46. The molecule has 0 aliphatic rings. The van der Waals surface area contributed by atoms with Crippen molar-refractivity contribution >= 4 is 35.0 Å². The van der Waals surface area contributed by atoms with Crippen molar-refractivity contribution in [3.05, 3.63) is 117 Å². The molecule has 0 unspecified atom stereocenters. The maximum absolute atomic E-state index is 14.5. The lowest BCUT2D eigenvalue weighted by molar-refractivity contribution is -0.122.